The van der Waals surface area contributed by atoms with E-state index in [1.54, 1.807) is 7.05 Å². The number of carbonyl (C=O) groups excluding carboxylic acids is 1. The van der Waals surface area contributed by atoms with Gasteiger partial charge in [0.1, 0.15) is 0 Å². The van der Waals surface area contributed by atoms with Crippen LogP contribution in [0.2, 0.25) is 0 Å². The highest BCUT2D eigenvalue weighted by Gasteiger charge is 2.21. The third-order valence-electron chi connectivity index (χ3n) is 1.80. The number of primary amides is 1. The summed E-state index contributed by atoms with van der Waals surface area (Å²) in [6.45, 7) is 1.36. The van der Waals surface area contributed by atoms with Crippen molar-refractivity contribution in [2.45, 2.75) is 12.5 Å². The first-order chi connectivity index (χ1) is 4.72. The molecule has 2 N–H and O–H groups in total. The third-order valence-corrected chi connectivity index (χ3v) is 1.80. The molecule has 1 aliphatic rings. The Morgan fingerprint density at radius 2 is 2.50 bits per heavy atom. The molecule has 0 aliphatic carbocycles. The van der Waals surface area contributed by atoms with Crippen LogP contribution in [0.15, 0.2) is 0 Å². The van der Waals surface area contributed by atoms with Crippen LogP contribution in [0.25, 0.3) is 0 Å². The van der Waals surface area contributed by atoms with Crippen molar-refractivity contribution >= 4 is 6.03 Å². The summed E-state index contributed by atoms with van der Waals surface area (Å²) in [6.07, 6.45) is 0.902. The fourth-order valence-corrected chi connectivity index (χ4v) is 1.01. The predicted octanol–water partition coefficient (Wildman–Crippen LogP) is -0.214. The van der Waals surface area contributed by atoms with Gasteiger partial charge in [0.2, 0.25) is 0 Å². The van der Waals surface area contributed by atoms with Crippen molar-refractivity contribution in [3.05, 3.63) is 0 Å². The molecule has 4 nitrogen and oxygen atoms in total. The summed E-state index contributed by atoms with van der Waals surface area (Å²) >= 11 is 0. The molecule has 4 heteroatoms. The Morgan fingerprint density at radius 3 is 2.90 bits per heavy atom. The van der Waals surface area contributed by atoms with Crippen molar-refractivity contribution in [1.82, 2.24) is 4.90 Å². The van der Waals surface area contributed by atoms with Gasteiger partial charge < -0.3 is 15.4 Å². The Balaban J connectivity index is 2.39. The van der Waals surface area contributed by atoms with Crippen LogP contribution in [-0.2, 0) is 4.74 Å². The van der Waals surface area contributed by atoms with E-state index in [2.05, 4.69) is 0 Å². The maximum Gasteiger partial charge on any atom is 0.314 e. The lowest BCUT2D eigenvalue weighted by Crippen LogP contribution is -2.40. The number of rotatable bonds is 1. The number of hydrogen-bond donors (Lipinski definition) is 1. The first kappa shape index (κ1) is 7.34. The summed E-state index contributed by atoms with van der Waals surface area (Å²) in [5.41, 5.74) is 5.05. The van der Waals surface area contributed by atoms with Gasteiger partial charge in [0, 0.05) is 13.7 Å². The first-order valence-corrected chi connectivity index (χ1v) is 3.32. The fraction of sp³-hybridized carbons (Fsp3) is 0.833. The summed E-state index contributed by atoms with van der Waals surface area (Å²) < 4.78 is 5.08. The number of ether oxygens (including phenoxy) is 1. The van der Waals surface area contributed by atoms with Crippen LogP contribution in [0.5, 0.6) is 0 Å². The van der Waals surface area contributed by atoms with Gasteiger partial charge >= 0.3 is 6.03 Å². The average Bonchev–Trinajstić information content (AvgIpc) is 2.36. The van der Waals surface area contributed by atoms with Gasteiger partial charge in [-0.25, -0.2) is 4.79 Å². The first-order valence-electron chi connectivity index (χ1n) is 3.32. The maximum absolute atomic E-state index is 10.6. The van der Waals surface area contributed by atoms with Gasteiger partial charge in [-0.3, -0.25) is 0 Å². The molecule has 0 aromatic rings. The molecule has 1 rings (SSSR count). The van der Waals surface area contributed by atoms with Crippen molar-refractivity contribution in [2.24, 2.45) is 5.73 Å². The Morgan fingerprint density at radius 1 is 1.80 bits per heavy atom. The quantitative estimate of drug-likeness (QED) is 0.553. The van der Waals surface area contributed by atoms with Gasteiger partial charge in [-0.2, -0.15) is 0 Å². The molecular formula is C6H12N2O2. The Hall–Kier alpha value is -0.770. The number of nitrogens with zero attached hydrogens (tertiary/aromatic N) is 1. The van der Waals surface area contributed by atoms with E-state index in [4.69, 9.17) is 10.5 Å². The number of urea groups is 1. The molecule has 0 aromatic heterocycles. The van der Waals surface area contributed by atoms with Crippen LogP contribution in [-0.4, -0.2) is 37.2 Å². The summed E-state index contributed by atoms with van der Waals surface area (Å²) in [7, 11) is 1.70. The lowest BCUT2D eigenvalue weighted by Gasteiger charge is -2.19. The molecule has 1 fully saturated rings. The van der Waals surface area contributed by atoms with Gasteiger partial charge in [-0.05, 0) is 6.42 Å². The molecule has 1 saturated heterocycles. The Labute approximate surface area is 59.9 Å². The van der Waals surface area contributed by atoms with E-state index in [-0.39, 0.29) is 12.1 Å². The molecule has 0 saturated carbocycles. The lowest BCUT2D eigenvalue weighted by atomic mass is 10.2. The lowest BCUT2D eigenvalue weighted by molar-refractivity contribution is 0.162. The second-order valence-electron chi connectivity index (χ2n) is 2.47. The van der Waals surface area contributed by atoms with Crippen LogP contribution in [0.4, 0.5) is 4.79 Å². The fourth-order valence-electron chi connectivity index (χ4n) is 1.01. The van der Waals surface area contributed by atoms with Gasteiger partial charge in [0.15, 0.2) is 0 Å². The van der Waals surface area contributed by atoms with E-state index in [0.717, 1.165) is 13.0 Å². The molecular weight excluding hydrogens is 132 g/mol. The summed E-state index contributed by atoms with van der Waals surface area (Å²) in [6, 6.07) is -0.187. The number of hydrogen-bond acceptors (Lipinski definition) is 2. The highest BCUT2D eigenvalue weighted by atomic mass is 16.5. The van der Waals surface area contributed by atoms with Crippen LogP contribution in [0.3, 0.4) is 0 Å². The van der Waals surface area contributed by atoms with Crippen LogP contribution >= 0.6 is 0 Å². The Bertz CT molecular complexity index is 132. The number of nitrogens with two attached hydrogens (primary N) is 1. The van der Waals surface area contributed by atoms with E-state index in [0.29, 0.717) is 6.61 Å². The SMILES string of the molecule is CN(C(N)=O)C1CCOC1. The molecule has 1 unspecified atom stereocenters. The van der Waals surface area contributed by atoms with Crippen LogP contribution in [0, 0.1) is 0 Å². The minimum absolute atomic E-state index is 0.192. The van der Waals surface area contributed by atoms with Crippen LogP contribution < -0.4 is 5.73 Å². The second-order valence-corrected chi connectivity index (χ2v) is 2.47. The minimum atomic E-state index is -0.379. The van der Waals surface area contributed by atoms with Gasteiger partial charge in [-0.15, -0.1) is 0 Å². The second kappa shape index (κ2) is 2.88. The largest absolute Gasteiger partial charge is 0.379 e. The van der Waals surface area contributed by atoms with Crippen molar-refractivity contribution in [1.29, 1.82) is 0 Å². The van der Waals surface area contributed by atoms with Gasteiger partial charge in [0.25, 0.3) is 0 Å². The highest BCUT2D eigenvalue weighted by molar-refractivity contribution is 5.72. The summed E-state index contributed by atoms with van der Waals surface area (Å²) in [4.78, 5) is 12.1. The molecule has 0 aromatic carbocycles. The van der Waals surface area contributed by atoms with Crippen molar-refractivity contribution in [3.63, 3.8) is 0 Å². The van der Waals surface area contributed by atoms with Crippen molar-refractivity contribution in [2.75, 3.05) is 20.3 Å². The standard InChI is InChI=1S/C6H12N2O2/c1-8(6(7)9)5-2-3-10-4-5/h5H,2-4H2,1H3,(H2,7,9). The topological polar surface area (TPSA) is 55.6 Å². The van der Waals surface area contributed by atoms with Crippen molar-refractivity contribution in [3.8, 4) is 0 Å². The molecule has 10 heavy (non-hydrogen) atoms. The van der Waals surface area contributed by atoms with E-state index in [1.165, 1.54) is 4.90 Å². The molecule has 1 aliphatic heterocycles. The Kier molecular flexibility index (Phi) is 2.11. The zero-order valence-corrected chi connectivity index (χ0v) is 6.04. The molecule has 2 amide bonds. The molecule has 0 bridgehead atoms. The molecule has 58 valence electrons. The normalized spacial score (nSPS) is 24.7. The van der Waals surface area contributed by atoms with E-state index in [9.17, 15) is 4.79 Å². The number of carbonyl (C=O) groups is 1. The number of likely N-dealkylation sites (N-methyl/N-ethyl adjacent to an activating group) is 1. The molecule has 1 atom stereocenters. The van der Waals surface area contributed by atoms with Gasteiger partial charge in [0.05, 0.1) is 12.6 Å². The highest BCUT2D eigenvalue weighted by Crippen LogP contribution is 2.09. The smallest absolute Gasteiger partial charge is 0.314 e. The van der Waals surface area contributed by atoms with E-state index >= 15 is 0 Å². The predicted molar refractivity (Wildman–Crippen MR) is 36.6 cm³/mol. The summed E-state index contributed by atoms with van der Waals surface area (Å²) in [5.74, 6) is 0. The maximum atomic E-state index is 10.6. The third kappa shape index (κ3) is 1.39. The van der Waals surface area contributed by atoms with E-state index < -0.39 is 0 Å². The zero-order chi connectivity index (χ0) is 7.56. The van der Waals surface area contributed by atoms with Crippen molar-refractivity contribution < 1.29 is 9.53 Å². The van der Waals surface area contributed by atoms with E-state index in [1.807, 2.05) is 0 Å². The van der Waals surface area contributed by atoms with Gasteiger partial charge in [-0.1, -0.05) is 0 Å². The number of amides is 2. The monoisotopic (exact) mass is 144 g/mol. The zero-order valence-electron chi connectivity index (χ0n) is 6.04. The minimum Gasteiger partial charge on any atom is -0.379 e. The average molecular weight is 144 g/mol. The molecule has 1 heterocycles. The molecule has 0 radical (unpaired) electrons. The van der Waals surface area contributed by atoms with Crippen LogP contribution in [0.1, 0.15) is 6.42 Å². The summed E-state index contributed by atoms with van der Waals surface area (Å²) in [5, 5.41) is 0. The molecule has 0 spiro atoms.